The van der Waals surface area contributed by atoms with Crippen molar-refractivity contribution in [2.24, 2.45) is 0 Å². The lowest BCUT2D eigenvalue weighted by atomic mass is 10.0. The average Bonchev–Trinajstić information content (AvgIpc) is 2.86. The van der Waals surface area contributed by atoms with Gasteiger partial charge in [-0.2, -0.15) is 0 Å². The van der Waals surface area contributed by atoms with Gasteiger partial charge >= 0.3 is 0 Å². The molecule has 0 aliphatic heterocycles. The molecule has 0 fully saturated rings. The van der Waals surface area contributed by atoms with Gasteiger partial charge in [0.1, 0.15) is 0 Å². The minimum atomic E-state index is 0.765. The third-order valence-electron chi connectivity index (χ3n) is 3.66. The van der Waals surface area contributed by atoms with E-state index in [2.05, 4.69) is 35.3 Å². The van der Waals surface area contributed by atoms with Crippen LogP contribution in [0, 0.1) is 0 Å². The van der Waals surface area contributed by atoms with Crippen LogP contribution >= 0.6 is 11.6 Å². The van der Waals surface area contributed by atoms with Crippen LogP contribution in [0.2, 0.25) is 5.02 Å². The Balaban J connectivity index is 2.16. The van der Waals surface area contributed by atoms with Gasteiger partial charge in [-0.05, 0) is 23.8 Å². The lowest BCUT2D eigenvalue weighted by molar-refractivity contribution is 1.53. The number of benzene rings is 3. The Labute approximate surface area is 121 Å². The molecule has 1 heterocycles. The van der Waals surface area contributed by atoms with Crippen LogP contribution in [0.25, 0.3) is 32.9 Å². The molecule has 0 saturated carbocycles. The summed E-state index contributed by atoms with van der Waals surface area (Å²) in [6, 6.07) is 22.7. The highest BCUT2D eigenvalue weighted by molar-refractivity contribution is 6.32. The number of aromatic nitrogens is 1. The Morgan fingerprint density at radius 3 is 2.35 bits per heavy atom. The molecule has 0 atom stereocenters. The van der Waals surface area contributed by atoms with Gasteiger partial charge in [-0.1, -0.05) is 60.1 Å². The molecule has 20 heavy (non-hydrogen) atoms. The van der Waals surface area contributed by atoms with Gasteiger partial charge in [0, 0.05) is 26.9 Å². The van der Waals surface area contributed by atoms with Crippen molar-refractivity contribution in [2.75, 3.05) is 0 Å². The molecule has 1 N–H and O–H groups in total. The molecule has 2 heteroatoms. The quantitative estimate of drug-likeness (QED) is 0.463. The van der Waals surface area contributed by atoms with Crippen LogP contribution in [-0.2, 0) is 0 Å². The summed E-state index contributed by atoms with van der Waals surface area (Å²) in [5, 5.41) is 3.15. The zero-order valence-corrected chi connectivity index (χ0v) is 11.5. The molecule has 1 nitrogen and oxygen atoms in total. The second-order valence-corrected chi connectivity index (χ2v) is 5.35. The summed E-state index contributed by atoms with van der Waals surface area (Å²) >= 11 is 6.32. The summed E-state index contributed by atoms with van der Waals surface area (Å²) in [5.74, 6) is 0. The fourth-order valence-electron chi connectivity index (χ4n) is 2.76. The van der Waals surface area contributed by atoms with E-state index in [-0.39, 0.29) is 0 Å². The van der Waals surface area contributed by atoms with E-state index in [0.29, 0.717) is 0 Å². The van der Waals surface area contributed by atoms with Crippen LogP contribution in [0.1, 0.15) is 0 Å². The molecule has 0 amide bonds. The van der Waals surface area contributed by atoms with E-state index in [9.17, 15) is 0 Å². The molecular formula is C18H12ClN. The van der Waals surface area contributed by atoms with Crippen molar-refractivity contribution >= 4 is 33.4 Å². The highest BCUT2D eigenvalue weighted by Crippen LogP contribution is 2.35. The molecule has 96 valence electrons. The zero-order valence-electron chi connectivity index (χ0n) is 10.7. The first-order valence-electron chi connectivity index (χ1n) is 6.58. The topological polar surface area (TPSA) is 15.8 Å². The van der Waals surface area contributed by atoms with Gasteiger partial charge in [-0.3, -0.25) is 0 Å². The summed E-state index contributed by atoms with van der Waals surface area (Å²) in [6.45, 7) is 0. The molecule has 0 spiro atoms. The van der Waals surface area contributed by atoms with E-state index in [4.69, 9.17) is 11.6 Å². The van der Waals surface area contributed by atoms with Gasteiger partial charge < -0.3 is 4.98 Å². The maximum atomic E-state index is 6.32. The highest BCUT2D eigenvalue weighted by Gasteiger charge is 2.10. The van der Waals surface area contributed by atoms with Crippen LogP contribution < -0.4 is 0 Å². The van der Waals surface area contributed by atoms with Crippen LogP contribution in [0.5, 0.6) is 0 Å². The number of nitrogens with one attached hydrogen (secondary N) is 1. The van der Waals surface area contributed by atoms with Crippen LogP contribution in [0.3, 0.4) is 0 Å². The number of halogens is 1. The molecule has 0 radical (unpaired) electrons. The number of hydrogen-bond acceptors (Lipinski definition) is 0. The lowest BCUT2D eigenvalue weighted by Crippen LogP contribution is -1.80. The van der Waals surface area contributed by atoms with Crippen molar-refractivity contribution < 1.29 is 0 Å². The minimum Gasteiger partial charge on any atom is -0.354 e. The van der Waals surface area contributed by atoms with E-state index < -0.39 is 0 Å². The van der Waals surface area contributed by atoms with E-state index in [0.717, 1.165) is 21.6 Å². The number of aromatic amines is 1. The van der Waals surface area contributed by atoms with Crippen molar-refractivity contribution in [3.63, 3.8) is 0 Å². The number of hydrogen-bond donors (Lipinski definition) is 1. The summed E-state index contributed by atoms with van der Waals surface area (Å²) in [6.07, 6.45) is 0. The molecule has 0 bridgehead atoms. The molecule has 4 aromatic rings. The molecule has 4 rings (SSSR count). The number of H-pyrrole nitrogens is 1. The summed E-state index contributed by atoms with van der Waals surface area (Å²) in [7, 11) is 0. The minimum absolute atomic E-state index is 0.765. The summed E-state index contributed by atoms with van der Waals surface area (Å²) in [4.78, 5) is 3.51. The maximum absolute atomic E-state index is 6.32. The van der Waals surface area contributed by atoms with Gasteiger partial charge in [0.05, 0.1) is 5.52 Å². The average molecular weight is 278 g/mol. The largest absolute Gasteiger partial charge is 0.354 e. The number of para-hydroxylation sites is 1. The van der Waals surface area contributed by atoms with Crippen LogP contribution in [0.4, 0.5) is 0 Å². The van der Waals surface area contributed by atoms with Crippen molar-refractivity contribution in [3.8, 4) is 11.1 Å². The molecule has 0 saturated heterocycles. The Morgan fingerprint density at radius 2 is 1.50 bits per heavy atom. The molecular weight excluding hydrogens is 266 g/mol. The molecule has 0 aliphatic carbocycles. The monoisotopic (exact) mass is 277 g/mol. The second-order valence-electron chi connectivity index (χ2n) is 4.91. The predicted molar refractivity (Wildman–Crippen MR) is 86.3 cm³/mol. The molecule has 1 aromatic heterocycles. The van der Waals surface area contributed by atoms with Gasteiger partial charge in [-0.25, -0.2) is 0 Å². The van der Waals surface area contributed by atoms with E-state index in [1.165, 1.54) is 16.3 Å². The van der Waals surface area contributed by atoms with Gasteiger partial charge in [-0.15, -0.1) is 0 Å². The van der Waals surface area contributed by atoms with Crippen molar-refractivity contribution in [3.05, 3.63) is 71.8 Å². The van der Waals surface area contributed by atoms with Crippen molar-refractivity contribution in [1.82, 2.24) is 4.98 Å². The van der Waals surface area contributed by atoms with E-state index in [1.54, 1.807) is 0 Å². The molecule has 3 aromatic carbocycles. The summed E-state index contributed by atoms with van der Waals surface area (Å²) < 4.78 is 0. The molecule has 0 aliphatic rings. The Bertz CT molecular complexity index is 907. The van der Waals surface area contributed by atoms with Gasteiger partial charge in [0.15, 0.2) is 0 Å². The Morgan fingerprint density at radius 1 is 0.750 bits per heavy atom. The Kier molecular flexibility index (Phi) is 2.54. The number of fused-ring (bicyclic) bond motifs is 3. The fourth-order valence-corrected chi connectivity index (χ4v) is 2.98. The third-order valence-corrected chi connectivity index (χ3v) is 3.88. The third kappa shape index (κ3) is 1.71. The highest BCUT2D eigenvalue weighted by atomic mass is 35.5. The lowest BCUT2D eigenvalue weighted by Gasteiger charge is -2.04. The maximum Gasteiger partial charge on any atom is 0.0545 e. The van der Waals surface area contributed by atoms with Gasteiger partial charge in [0.2, 0.25) is 0 Å². The van der Waals surface area contributed by atoms with E-state index >= 15 is 0 Å². The fraction of sp³-hybridized carbons (Fsp3) is 0. The first kappa shape index (κ1) is 11.6. The normalized spacial score (nSPS) is 11.2. The second kappa shape index (κ2) is 4.39. The zero-order chi connectivity index (χ0) is 13.5. The first-order valence-corrected chi connectivity index (χ1v) is 6.96. The SMILES string of the molecule is Clc1cc(-c2ccccc2)c2[nH]c3ccccc3c2c1. The Hall–Kier alpha value is -2.25. The predicted octanol–water partition coefficient (Wildman–Crippen LogP) is 5.64. The first-order chi connectivity index (χ1) is 9.83. The molecule has 0 unspecified atom stereocenters. The van der Waals surface area contributed by atoms with E-state index in [1.807, 2.05) is 36.4 Å². The summed E-state index contributed by atoms with van der Waals surface area (Å²) in [5.41, 5.74) is 4.60. The van der Waals surface area contributed by atoms with Gasteiger partial charge in [0.25, 0.3) is 0 Å². The van der Waals surface area contributed by atoms with Crippen LogP contribution in [-0.4, -0.2) is 4.98 Å². The van der Waals surface area contributed by atoms with Crippen molar-refractivity contribution in [2.45, 2.75) is 0 Å². The smallest absolute Gasteiger partial charge is 0.0545 e. The van der Waals surface area contributed by atoms with Crippen molar-refractivity contribution in [1.29, 1.82) is 0 Å². The number of rotatable bonds is 1. The standard InChI is InChI=1S/C18H12ClN/c19-13-10-15(12-6-2-1-3-7-12)18-16(11-13)14-8-4-5-9-17(14)20-18/h1-11,20H. The van der Waals surface area contributed by atoms with Crippen LogP contribution in [0.15, 0.2) is 66.7 Å².